The Hall–Kier alpha value is -3.29. The lowest BCUT2D eigenvalue weighted by molar-refractivity contribution is -0.262. The Morgan fingerprint density at radius 3 is 2.31 bits per heavy atom. The number of carbonyl (C=O) groups is 2. The van der Waals surface area contributed by atoms with E-state index in [0.29, 0.717) is 5.56 Å². The molecule has 4 aliphatic rings. The van der Waals surface area contributed by atoms with E-state index in [4.69, 9.17) is 9.47 Å². The van der Waals surface area contributed by atoms with Gasteiger partial charge in [0.2, 0.25) is 9.84 Å². The fourth-order valence-electron chi connectivity index (χ4n) is 9.37. The zero-order valence-electron chi connectivity index (χ0n) is 28.0. The van der Waals surface area contributed by atoms with Crippen LogP contribution in [0.25, 0.3) is 0 Å². The van der Waals surface area contributed by atoms with Crippen molar-refractivity contribution in [3.8, 4) is 0 Å². The van der Waals surface area contributed by atoms with Crippen molar-refractivity contribution in [2.45, 2.75) is 85.6 Å². The van der Waals surface area contributed by atoms with Crippen molar-refractivity contribution in [3.05, 3.63) is 77.9 Å². The Labute approximate surface area is 285 Å². The van der Waals surface area contributed by atoms with Crippen molar-refractivity contribution < 1.29 is 46.5 Å². The molecule has 0 bridgehead atoms. The number of hydrogen-bond donors (Lipinski definition) is 3. The van der Waals surface area contributed by atoms with Gasteiger partial charge in [-0.25, -0.2) is 17.2 Å². The summed E-state index contributed by atoms with van der Waals surface area (Å²) in [6, 6.07) is 12.6. The second-order valence-electron chi connectivity index (χ2n) is 14.2. The first-order valence-electron chi connectivity index (χ1n) is 16.5. The Kier molecular flexibility index (Phi) is 9.05. The van der Waals surface area contributed by atoms with Crippen molar-refractivity contribution >= 4 is 27.1 Å². The van der Waals surface area contributed by atoms with Crippen LogP contribution in [0.5, 0.6) is 0 Å². The first kappa shape index (κ1) is 35.5. The molecule has 0 aliphatic heterocycles. The van der Waals surface area contributed by atoms with Gasteiger partial charge in [-0.1, -0.05) is 25.1 Å². The normalized spacial score (nSPS) is 35.9. The summed E-state index contributed by atoms with van der Waals surface area (Å²) in [5.74, 6) is -2.71. The van der Waals surface area contributed by atoms with E-state index < -0.39 is 80.5 Å². The highest BCUT2D eigenvalue weighted by atomic mass is 32.2. The Morgan fingerprint density at radius 1 is 1.08 bits per heavy atom. The molecule has 3 fully saturated rings. The number of aliphatic hydroxyl groups is 2. The summed E-state index contributed by atoms with van der Waals surface area (Å²) in [6.45, 7) is 2.38. The van der Waals surface area contributed by atoms with Crippen LogP contribution in [-0.4, -0.2) is 80.8 Å². The first-order valence-corrected chi connectivity index (χ1v) is 18.0. The molecule has 1 unspecified atom stereocenters. The molecule has 12 heteroatoms. The van der Waals surface area contributed by atoms with Gasteiger partial charge in [-0.05, 0) is 98.2 Å². The Bertz CT molecular complexity index is 1800. The number of hydrogen-bond acceptors (Lipinski definition) is 9. The van der Waals surface area contributed by atoms with Gasteiger partial charge in [0, 0.05) is 43.0 Å². The van der Waals surface area contributed by atoms with Gasteiger partial charge in [0.15, 0.2) is 23.5 Å². The van der Waals surface area contributed by atoms with Gasteiger partial charge < -0.3 is 25.0 Å². The fraction of sp³-hybridized carbons (Fsp3) is 0.514. The van der Waals surface area contributed by atoms with E-state index in [1.165, 1.54) is 50.5 Å². The molecule has 2 aromatic rings. The number of halogens is 2. The van der Waals surface area contributed by atoms with Crippen LogP contribution in [0.1, 0.15) is 45.1 Å². The van der Waals surface area contributed by atoms with E-state index in [0.717, 1.165) is 11.8 Å². The van der Waals surface area contributed by atoms with E-state index in [-0.39, 0.29) is 47.5 Å². The minimum Gasteiger partial charge on any atom is -0.390 e. The lowest BCUT2D eigenvalue weighted by Gasteiger charge is -2.63. The summed E-state index contributed by atoms with van der Waals surface area (Å²) in [7, 11) is -0.652. The summed E-state index contributed by atoms with van der Waals surface area (Å²) < 4.78 is 72.1. The third-order valence-electron chi connectivity index (χ3n) is 12.0. The SMILES string of the molecule is CNc1ccc(S(=O)(=O)c2ccc(C[C@H](OC)O[C@]3(C(=O)CO)CCC4[C@@H]5C[C@H](F)C6=CC(=O)C=C[C@]6(C)[C@@]5(F)[C@@H](O)C[C@@]43C)cc2)cc1. The van der Waals surface area contributed by atoms with Crippen molar-refractivity contribution in [1.82, 2.24) is 0 Å². The number of sulfone groups is 1. The lowest BCUT2D eigenvalue weighted by atomic mass is 9.44. The molecule has 0 amide bonds. The average Bonchev–Trinajstić information content (AvgIpc) is 3.38. The number of Topliss-reactive ketones (excluding diaryl/α,β-unsaturated/α-hetero) is 1. The summed E-state index contributed by atoms with van der Waals surface area (Å²) in [5.41, 5.74) is -5.36. The number of rotatable bonds is 10. The minimum atomic E-state index is -3.79. The summed E-state index contributed by atoms with van der Waals surface area (Å²) in [4.78, 5) is 26.1. The van der Waals surface area contributed by atoms with E-state index in [2.05, 4.69) is 5.32 Å². The number of allylic oxidation sites excluding steroid dienone is 4. The van der Waals surface area contributed by atoms with Gasteiger partial charge in [0.05, 0.1) is 15.9 Å². The maximum Gasteiger partial charge on any atom is 0.206 e. The highest BCUT2D eigenvalue weighted by molar-refractivity contribution is 7.91. The molecule has 264 valence electrons. The van der Waals surface area contributed by atoms with Crippen LogP contribution < -0.4 is 5.32 Å². The minimum absolute atomic E-state index is 0.0123. The second-order valence-corrected chi connectivity index (χ2v) is 16.2. The van der Waals surface area contributed by atoms with Gasteiger partial charge in [-0.2, -0.15) is 0 Å². The van der Waals surface area contributed by atoms with Crippen LogP contribution in [0.15, 0.2) is 82.1 Å². The van der Waals surface area contributed by atoms with Gasteiger partial charge in [-0.3, -0.25) is 9.59 Å². The number of aliphatic hydroxyl groups excluding tert-OH is 2. The van der Waals surface area contributed by atoms with Crippen LogP contribution in [0.4, 0.5) is 14.5 Å². The summed E-state index contributed by atoms with van der Waals surface area (Å²) >= 11 is 0. The average molecular weight is 700 g/mol. The molecule has 3 N–H and O–H groups in total. The number of ether oxygens (including phenoxy) is 2. The molecule has 0 heterocycles. The van der Waals surface area contributed by atoms with Crippen LogP contribution in [0, 0.1) is 22.7 Å². The number of fused-ring (bicyclic) bond motifs is 5. The fourth-order valence-corrected chi connectivity index (χ4v) is 10.6. The second kappa shape index (κ2) is 12.5. The van der Waals surface area contributed by atoms with Gasteiger partial charge >= 0.3 is 0 Å². The number of benzene rings is 2. The van der Waals surface area contributed by atoms with E-state index in [1.54, 1.807) is 38.2 Å². The number of anilines is 1. The number of methoxy groups -OCH3 is 1. The monoisotopic (exact) mass is 699 g/mol. The summed E-state index contributed by atoms with van der Waals surface area (Å²) in [6.07, 6.45) is -0.635. The zero-order valence-corrected chi connectivity index (χ0v) is 28.8. The molecular weight excluding hydrogens is 656 g/mol. The molecule has 3 saturated carbocycles. The number of carbonyl (C=O) groups excluding carboxylic acids is 2. The number of nitrogens with one attached hydrogen (secondary N) is 1. The molecule has 2 aromatic carbocycles. The topological polar surface area (TPSA) is 139 Å². The van der Waals surface area contributed by atoms with Gasteiger partial charge in [-0.15, -0.1) is 0 Å². The molecule has 6 rings (SSSR count). The zero-order chi connectivity index (χ0) is 35.6. The van der Waals surface area contributed by atoms with Crippen molar-refractivity contribution in [3.63, 3.8) is 0 Å². The van der Waals surface area contributed by atoms with Gasteiger partial charge in [0.25, 0.3) is 0 Å². The molecule has 49 heavy (non-hydrogen) atoms. The maximum absolute atomic E-state index is 17.6. The predicted molar refractivity (Wildman–Crippen MR) is 177 cm³/mol. The molecular formula is C37H43F2NO8S. The largest absolute Gasteiger partial charge is 0.390 e. The maximum atomic E-state index is 17.6. The van der Waals surface area contributed by atoms with E-state index in [1.807, 2.05) is 0 Å². The highest BCUT2D eigenvalue weighted by Gasteiger charge is 2.76. The van der Waals surface area contributed by atoms with Crippen LogP contribution in [0.2, 0.25) is 0 Å². The molecule has 9 atom stereocenters. The van der Waals surface area contributed by atoms with Crippen molar-refractivity contribution in [2.24, 2.45) is 22.7 Å². The molecule has 0 spiro atoms. The van der Waals surface area contributed by atoms with Crippen molar-refractivity contribution in [1.29, 1.82) is 0 Å². The third kappa shape index (κ3) is 5.24. The standard InChI is InChI=1S/C37H43F2NO8S/c1-34-15-13-24(42)18-29(34)30(38)19-28-27-14-16-36(32(44)21-41,35(27,2)20-31(43)37(28,34)39)48-33(47-4)17-22-5-9-25(10-6-22)49(45,46)26-11-7-23(40-3)8-12-26/h5-13,15,18,27-28,30-31,33,40-41,43H,14,16-17,19-21H2,1-4H3/t27?,28-,30-,31-,33+,34-,35-,36-,37-/m0/s1. The van der Waals surface area contributed by atoms with Crippen molar-refractivity contribution in [2.75, 3.05) is 26.1 Å². The predicted octanol–water partition coefficient (Wildman–Crippen LogP) is 4.71. The highest BCUT2D eigenvalue weighted by Crippen LogP contribution is 2.70. The third-order valence-corrected chi connectivity index (χ3v) is 13.8. The smallest absolute Gasteiger partial charge is 0.206 e. The first-order chi connectivity index (χ1) is 23.1. The molecule has 4 aliphatic carbocycles. The molecule has 0 aromatic heterocycles. The van der Waals surface area contributed by atoms with E-state index in [9.17, 15) is 28.2 Å². The van der Waals surface area contributed by atoms with E-state index >= 15 is 8.78 Å². The molecule has 0 radical (unpaired) electrons. The van der Waals surface area contributed by atoms with Gasteiger partial charge in [0.1, 0.15) is 18.4 Å². The van der Waals surface area contributed by atoms with Crippen LogP contribution in [-0.2, 0) is 35.3 Å². The lowest BCUT2D eigenvalue weighted by Crippen LogP contribution is -2.70. The Morgan fingerprint density at radius 2 is 1.71 bits per heavy atom. The Balaban J connectivity index is 1.28. The molecule has 9 nitrogen and oxygen atoms in total. The number of alkyl halides is 2. The van der Waals surface area contributed by atoms with Crippen LogP contribution >= 0.6 is 0 Å². The molecule has 0 saturated heterocycles. The number of ketones is 2. The quantitative estimate of drug-likeness (QED) is 0.301. The van der Waals surface area contributed by atoms with Crippen LogP contribution in [0.3, 0.4) is 0 Å². The summed E-state index contributed by atoms with van der Waals surface area (Å²) in [5, 5.41) is 24.8.